The minimum absolute atomic E-state index is 0.0590. The number of hydrogen-bond acceptors (Lipinski definition) is 5. The summed E-state index contributed by atoms with van der Waals surface area (Å²) in [6.45, 7) is 5.11. The fraction of sp³-hybridized carbons (Fsp3) is 0.409. The number of fused-ring (bicyclic) bond motifs is 1. The molecule has 1 N–H and O–H groups in total. The predicted octanol–water partition coefficient (Wildman–Crippen LogP) is 3.90. The maximum atomic E-state index is 12.9. The van der Waals surface area contributed by atoms with Gasteiger partial charge in [0.2, 0.25) is 5.91 Å². The topological polar surface area (TPSA) is 60.0 Å². The van der Waals surface area contributed by atoms with Crippen LogP contribution < -0.4 is 14.8 Å². The second-order valence-corrected chi connectivity index (χ2v) is 7.72. The number of morpholine rings is 1. The molecule has 1 amide bonds. The normalized spacial score (nSPS) is 20.6. The number of benzene rings is 2. The number of nitrogens with zero attached hydrogens (tertiary/aromatic N) is 1. The van der Waals surface area contributed by atoms with Crippen molar-refractivity contribution >= 4 is 23.2 Å². The van der Waals surface area contributed by atoms with Crippen molar-refractivity contribution < 1.29 is 19.0 Å². The summed E-state index contributed by atoms with van der Waals surface area (Å²) in [6.07, 6.45) is 0.772. The van der Waals surface area contributed by atoms with E-state index in [1.54, 1.807) is 0 Å². The molecule has 1 saturated heterocycles. The van der Waals surface area contributed by atoms with E-state index in [9.17, 15) is 4.79 Å². The van der Waals surface area contributed by atoms with E-state index in [1.165, 1.54) is 0 Å². The lowest BCUT2D eigenvalue weighted by molar-refractivity contribution is -0.124. The van der Waals surface area contributed by atoms with Crippen LogP contribution in [0.4, 0.5) is 5.69 Å². The van der Waals surface area contributed by atoms with Gasteiger partial charge in [-0.3, -0.25) is 9.69 Å². The first kappa shape index (κ1) is 20.0. The molecule has 4 rings (SSSR count). The molecule has 0 aliphatic carbocycles. The molecule has 154 valence electrons. The van der Waals surface area contributed by atoms with Gasteiger partial charge < -0.3 is 19.5 Å². The average molecular weight is 417 g/mol. The molecule has 0 bridgehead atoms. The van der Waals surface area contributed by atoms with Crippen LogP contribution in [-0.2, 0) is 9.53 Å². The molecular weight excluding hydrogens is 392 g/mol. The monoisotopic (exact) mass is 416 g/mol. The predicted molar refractivity (Wildman–Crippen MR) is 112 cm³/mol. The van der Waals surface area contributed by atoms with Crippen molar-refractivity contribution in [3.05, 3.63) is 53.1 Å². The highest BCUT2D eigenvalue weighted by Crippen LogP contribution is 2.32. The zero-order valence-corrected chi connectivity index (χ0v) is 17.2. The Morgan fingerprint density at radius 2 is 1.86 bits per heavy atom. The molecule has 1 fully saturated rings. The Morgan fingerprint density at radius 1 is 1.10 bits per heavy atom. The molecule has 2 aromatic rings. The number of anilines is 1. The Hall–Kier alpha value is -2.28. The zero-order valence-electron chi connectivity index (χ0n) is 16.4. The molecule has 0 spiro atoms. The Balaban J connectivity index is 1.39. The smallest absolute Gasteiger partial charge is 0.241 e. The largest absolute Gasteiger partial charge is 0.490 e. The van der Waals surface area contributed by atoms with Crippen molar-refractivity contribution in [2.24, 2.45) is 0 Å². The molecule has 2 aliphatic heterocycles. The quantitative estimate of drug-likeness (QED) is 0.819. The number of carbonyl (C=O) groups excluding carboxylic acids is 1. The summed E-state index contributed by atoms with van der Waals surface area (Å²) < 4.78 is 17.3. The number of amides is 1. The minimum atomic E-state index is -0.287. The fourth-order valence-corrected chi connectivity index (χ4v) is 3.68. The van der Waals surface area contributed by atoms with Gasteiger partial charge >= 0.3 is 0 Å². The summed E-state index contributed by atoms with van der Waals surface area (Å²) in [5, 5.41) is 3.70. The van der Waals surface area contributed by atoms with E-state index in [2.05, 4.69) is 10.2 Å². The highest BCUT2D eigenvalue weighted by molar-refractivity contribution is 6.30. The van der Waals surface area contributed by atoms with Crippen LogP contribution in [0.25, 0.3) is 0 Å². The van der Waals surface area contributed by atoms with Crippen LogP contribution in [0.3, 0.4) is 0 Å². The molecule has 0 aromatic heterocycles. The van der Waals surface area contributed by atoms with Crippen LogP contribution in [0.15, 0.2) is 42.5 Å². The second-order valence-electron chi connectivity index (χ2n) is 7.28. The van der Waals surface area contributed by atoms with E-state index in [1.807, 2.05) is 49.4 Å². The van der Waals surface area contributed by atoms with E-state index in [4.69, 9.17) is 25.8 Å². The van der Waals surface area contributed by atoms with Crippen molar-refractivity contribution in [3.8, 4) is 11.5 Å². The number of nitrogens with one attached hydrogen (secondary N) is 1. The van der Waals surface area contributed by atoms with Crippen molar-refractivity contribution in [2.75, 3.05) is 38.2 Å². The van der Waals surface area contributed by atoms with E-state index in [0.29, 0.717) is 55.1 Å². The molecular formula is C22H25ClN2O4. The number of carbonyl (C=O) groups is 1. The van der Waals surface area contributed by atoms with Gasteiger partial charge in [-0.05, 0) is 36.8 Å². The first-order valence-electron chi connectivity index (χ1n) is 9.92. The van der Waals surface area contributed by atoms with Crippen molar-refractivity contribution in [3.63, 3.8) is 0 Å². The summed E-state index contributed by atoms with van der Waals surface area (Å²) in [5.41, 5.74) is 1.77. The Kier molecular flexibility index (Phi) is 6.23. The molecule has 2 atom stereocenters. The third kappa shape index (κ3) is 4.83. The fourth-order valence-electron chi connectivity index (χ4n) is 3.55. The number of ether oxygens (including phenoxy) is 3. The lowest BCUT2D eigenvalue weighted by Crippen LogP contribution is -2.48. The third-order valence-corrected chi connectivity index (χ3v) is 5.53. The van der Waals surface area contributed by atoms with Gasteiger partial charge in [0.1, 0.15) is 0 Å². The highest BCUT2D eigenvalue weighted by Gasteiger charge is 2.29. The minimum Gasteiger partial charge on any atom is -0.490 e. The third-order valence-electron chi connectivity index (χ3n) is 5.28. The highest BCUT2D eigenvalue weighted by atomic mass is 35.5. The van der Waals surface area contributed by atoms with Gasteiger partial charge in [0.05, 0.1) is 32.0 Å². The molecule has 2 heterocycles. The zero-order chi connectivity index (χ0) is 20.2. The van der Waals surface area contributed by atoms with Gasteiger partial charge in [-0.25, -0.2) is 0 Å². The first-order chi connectivity index (χ1) is 14.1. The molecule has 29 heavy (non-hydrogen) atoms. The van der Waals surface area contributed by atoms with Gasteiger partial charge in [0.25, 0.3) is 0 Å². The summed E-state index contributed by atoms with van der Waals surface area (Å²) in [4.78, 5) is 15.0. The Bertz CT molecular complexity index is 858. The van der Waals surface area contributed by atoms with E-state index in [0.717, 1.165) is 12.0 Å². The summed E-state index contributed by atoms with van der Waals surface area (Å²) in [7, 11) is 0. The van der Waals surface area contributed by atoms with Gasteiger partial charge in [-0.2, -0.15) is 0 Å². The van der Waals surface area contributed by atoms with Gasteiger partial charge in [0.15, 0.2) is 11.5 Å². The van der Waals surface area contributed by atoms with Crippen LogP contribution in [0, 0.1) is 0 Å². The number of halogens is 1. The van der Waals surface area contributed by atoms with Crippen molar-refractivity contribution in [1.82, 2.24) is 4.90 Å². The van der Waals surface area contributed by atoms with Crippen LogP contribution in [-0.4, -0.2) is 49.8 Å². The Morgan fingerprint density at radius 3 is 2.66 bits per heavy atom. The van der Waals surface area contributed by atoms with E-state index in [-0.39, 0.29) is 18.1 Å². The molecule has 6 nitrogen and oxygen atoms in total. The SMILES string of the molecule is C[C@@H](C(=O)Nc1ccc2c(c1)OCCCO2)N1CCO[C@H](c2ccc(Cl)cc2)C1. The van der Waals surface area contributed by atoms with Crippen LogP contribution >= 0.6 is 11.6 Å². The van der Waals surface area contributed by atoms with Crippen LogP contribution in [0.2, 0.25) is 5.02 Å². The van der Waals surface area contributed by atoms with Gasteiger partial charge in [0, 0.05) is 36.3 Å². The molecule has 2 aliphatic rings. The lowest BCUT2D eigenvalue weighted by atomic mass is 10.1. The van der Waals surface area contributed by atoms with Crippen LogP contribution in [0.1, 0.15) is 25.0 Å². The van der Waals surface area contributed by atoms with Gasteiger partial charge in [-0.1, -0.05) is 23.7 Å². The van der Waals surface area contributed by atoms with Gasteiger partial charge in [-0.15, -0.1) is 0 Å². The summed E-state index contributed by atoms with van der Waals surface area (Å²) >= 11 is 5.98. The second kappa shape index (κ2) is 9.03. The standard InChI is InChI=1S/C22H25ClN2O4/c1-15(25-9-12-29-21(14-25)16-3-5-17(23)6-4-16)22(26)24-18-7-8-19-20(13-18)28-11-2-10-27-19/h3-8,13,15,21H,2,9-12,14H2,1H3,(H,24,26)/t15-,21-/m0/s1. The summed E-state index contributed by atoms with van der Waals surface area (Å²) in [5.74, 6) is 1.32. The lowest BCUT2D eigenvalue weighted by Gasteiger charge is -2.36. The molecule has 2 aromatic carbocycles. The van der Waals surface area contributed by atoms with Crippen LogP contribution in [0.5, 0.6) is 11.5 Å². The van der Waals surface area contributed by atoms with Crippen molar-refractivity contribution in [2.45, 2.75) is 25.5 Å². The number of rotatable bonds is 4. The maximum absolute atomic E-state index is 12.9. The molecule has 0 saturated carbocycles. The molecule has 7 heteroatoms. The Labute approximate surface area is 175 Å². The average Bonchev–Trinajstić information content (AvgIpc) is 2.99. The van der Waals surface area contributed by atoms with E-state index < -0.39 is 0 Å². The maximum Gasteiger partial charge on any atom is 0.241 e. The first-order valence-corrected chi connectivity index (χ1v) is 10.3. The number of hydrogen-bond donors (Lipinski definition) is 1. The molecule has 0 radical (unpaired) electrons. The summed E-state index contributed by atoms with van der Waals surface area (Å²) in [6, 6.07) is 12.9. The van der Waals surface area contributed by atoms with Crippen molar-refractivity contribution in [1.29, 1.82) is 0 Å². The molecule has 0 unspecified atom stereocenters. The van der Waals surface area contributed by atoms with E-state index >= 15 is 0 Å².